The number of allylic oxidation sites excluding steroid dienone is 7. The summed E-state index contributed by atoms with van der Waals surface area (Å²) in [6.45, 7) is 9.54. The molecule has 0 spiro atoms. The van der Waals surface area contributed by atoms with E-state index in [0.29, 0.717) is 38.5 Å². The Morgan fingerprint density at radius 2 is 1.88 bits per heavy atom. The summed E-state index contributed by atoms with van der Waals surface area (Å²) in [6, 6.07) is 0. The second-order valence-corrected chi connectivity index (χ2v) is 10.8. The second kappa shape index (κ2) is 20.2. The normalized spacial score (nSPS) is 27.8. The third-order valence-electron chi connectivity index (χ3n) is 6.33. The van der Waals surface area contributed by atoms with Crippen molar-refractivity contribution in [3.63, 3.8) is 0 Å². The van der Waals surface area contributed by atoms with Crippen LogP contribution in [0.5, 0.6) is 0 Å². The van der Waals surface area contributed by atoms with Crippen molar-refractivity contribution in [2.45, 2.75) is 97.6 Å². The van der Waals surface area contributed by atoms with Crippen LogP contribution in [-0.2, 0) is 19.1 Å². The molecule has 9 heteroatoms. The monoisotopic (exact) mass is 584 g/mol. The highest BCUT2D eigenvalue weighted by atomic mass is 16.6. The molecule has 42 heavy (non-hydrogen) atoms. The van der Waals surface area contributed by atoms with Crippen LogP contribution in [0.4, 0.5) is 4.79 Å². The number of aliphatic hydroxyl groups excluding tert-OH is 2. The lowest BCUT2D eigenvalue weighted by atomic mass is 9.95. The van der Waals surface area contributed by atoms with Gasteiger partial charge < -0.3 is 30.7 Å². The zero-order chi connectivity index (χ0) is 31.5. The van der Waals surface area contributed by atoms with Gasteiger partial charge in [-0.05, 0) is 65.9 Å². The number of ether oxygens (including phenoxy) is 2. The fourth-order valence-electron chi connectivity index (χ4n) is 4.17. The molecule has 2 amide bonds. The number of carbonyl (C=O) groups is 3. The van der Waals surface area contributed by atoms with E-state index in [1.165, 1.54) is 24.3 Å². The summed E-state index contributed by atoms with van der Waals surface area (Å²) in [4.78, 5) is 35.8. The molecule has 9 nitrogen and oxygen atoms in total. The largest absolute Gasteiger partial charge is 0.458 e. The molecule has 0 aromatic heterocycles. The fourth-order valence-corrected chi connectivity index (χ4v) is 4.17. The molecule has 1 rings (SSSR count). The van der Waals surface area contributed by atoms with Crippen molar-refractivity contribution >= 4 is 18.0 Å². The predicted octanol–water partition coefficient (Wildman–Crippen LogP) is 5.23. The summed E-state index contributed by atoms with van der Waals surface area (Å²) in [5.41, 5.74) is 7.98. The minimum atomic E-state index is -1.11. The number of esters is 1. The average Bonchev–Trinajstić information content (AvgIpc) is 2.89. The molecule has 0 fully saturated rings. The molecule has 0 unspecified atom stereocenters. The van der Waals surface area contributed by atoms with Gasteiger partial charge in [0.2, 0.25) is 5.91 Å². The Hall–Kier alpha value is -3.69. The van der Waals surface area contributed by atoms with E-state index in [-0.39, 0.29) is 11.8 Å². The van der Waals surface area contributed by atoms with Crippen LogP contribution in [0.25, 0.3) is 0 Å². The highest BCUT2D eigenvalue weighted by Gasteiger charge is 2.21. The third-order valence-corrected chi connectivity index (χ3v) is 6.33. The minimum Gasteiger partial charge on any atom is -0.458 e. The summed E-state index contributed by atoms with van der Waals surface area (Å²) in [5, 5.41) is 23.4. The molecule has 0 bridgehead atoms. The smallest absolute Gasteiger partial charge is 0.404 e. The molecular formula is C33H48N2O7. The van der Waals surface area contributed by atoms with Crippen molar-refractivity contribution in [1.29, 1.82) is 0 Å². The van der Waals surface area contributed by atoms with Gasteiger partial charge in [-0.1, -0.05) is 66.2 Å². The first-order chi connectivity index (χ1) is 19.9. The number of cyclic esters (lactones) is 1. The molecule has 0 saturated carbocycles. The van der Waals surface area contributed by atoms with Crippen LogP contribution in [0.3, 0.4) is 0 Å². The van der Waals surface area contributed by atoms with Gasteiger partial charge in [0.1, 0.15) is 18.3 Å². The fraction of sp³-hybridized carbons (Fsp3) is 0.485. The predicted molar refractivity (Wildman–Crippen MR) is 165 cm³/mol. The number of aliphatic hydroxyl groups is 2. The van der Waals surface area contributed by atoms with Gasteiger partial charge in [-0.2, -0.15) is 0 Å². The standard InChI is InChI=1S/C33H48N2O7/c1-23(2)20-31(38)35-19-18-25(4)21-26(5)30-22-24(3)12-8-6-10-14-29(42-33(34)40)28(37)17-16-27(36)13-9-7-11-15-32(39)41-30/h6,8,11-12,15-21,26-30,36-37H,7,9-10,13-14,22H2,1-5H3,(H2,34,40)(H,35,38)/b8-6+,15-11+,17-16+,19-18+,24-12+,25-21+/t26-,27-,28-,29-,30+/m1/s1. The summed E-state index contributed by atoms with van der Waals surface area (Å²) >= 11 is 0. The molecule has 1 aliphatic rings. The first-order valence-corrected chi connectivity index (χ1v) is 14.4. The molecule has 0 radical (unpaired) electrons. The first kappa shape index (κ1) is 36.3. The van der Waals surface area contributed by atoms with Gasteiger partial charge in [0.15, 0.2) is 0 Å². The lowest BCUT2D eigenvalue weighted by molar-refractivity contribution is -0.144. The Kier molecular flexibility index (Phi) is 17.5. The Morgan fingerprint density at radius 1 is 1.14 bits per heavy atom. The van der Waals surface area contributed by atoms with E-state index in [4.69, 9.17) is 15.2 Å². The Labute approximate surface area is 250 Å². The number of nitrogens with one attached hydrogen (secondary N) is 1. The third kappa shape index (κ3) is 17.2. The van der Waals surface area contributed by atoms with Crippen molar-refractivity contribution in [2.75, 3.05) is 0 Å². The number of nitrogens with two attached hydrogens (primary N) is 1. The van der Waals surface area contributed by atoms with Gasteiger partial charge in [-0.25, -0.2) is 9.59 Å². The van der Waals surface area contributed by atoms with Crippen LogP contribution in [0.1, 0.15) is 73.1 Å². The molecule has 0 aromatic carbocycles. The van der Waals surface area contributed by atoms with Crippen molar-refractivity contribution in [1.82, 2.24) is 5.32 Å². The molecule has 1 aliphatic heterocycles. The average molecular weight is 585 g/mol. The highest BCUT2D eigenvalue weighted by molar-refractivity contribution is 5.88. The van der Waals surface area contributed by atoms with Crippen molar-refractivity contribution in [2.24, 2.45) is 11.7 Å². The Balaban J connectivity index is 3.09. The lowest BCUT2D eigenvalue weighted by Gasteiger charge is -2.22. The maximum absolute atomic E-state index is 12.6. The van der Waals surface area contributed by atoms with E-state index in [0.717, 1.165) is 16.7 Å². The van der Waals surface area contributed by atoms with Crippen molar-refractivity contribution in [3.05, 3.63) is 83.7 Å². The molecular weight excluding hydrogens is 536 g/mol. The van der Waals surface area contributed by atoms with E-state index in [1.54, 1.807) is 18.4 Å². The Morgan fingerprint density at radius 3 is 2.57 bits per heavy atom. The van der Waals surface area contributed by atoms with Gasteiger partial charge in [0.25, 0.3) is 0 Å². The second-order valence-electron chi connectivity index (χ2n) is 10.8. The van der Waals surface area contributed by atoms with Gasteiger partial charge in [-0.15, -0.1) is 0 Å². The molecule has 0 aliphatic carbocycles. The Bertz CT molecular complexity index is 1090. The zero-order valence-electron chi connectivity index (χ0n) is 25.5. The van der Waals surface area contributed by atoms with Gasteiger partial charge >= 0.3 is 12.1 Å². The number of hydrogen-bond donors (Lipinski definition) is 4. The van der Waals surface area contributed by atoms with Crippen molar-refractivity contribution < 1.29 is 34.1 Å². The number of primary amides is 1. The van der Waals surface area contributed by atoms with Gasteiger partial charge in [-0.3, -0.25) is 4.79 Å². The minimum absolute atomic E-state index is 0.124. The van der Waals surface area contributed by atoms with E-state index >= 15 is 0 Å². The maximum atomic E-state index is 12.6. The van der Waals surface area contributed by atoms with E-state index in [1.807, 2.05) is 58.9 Å². The zero-order valence-corrected chi connectivity index (χ0v) is 25.5. The highest BCUT2D eigenvalue weighted by Crippen LogP contribution is 2.21. The molecule has 5 atom stereocenters. The lowest BCUT2D eigenvalue weighted by Crippen LogP contribution is -2.32. The van der Waals surface area contributed by atoms with Crippen LogP contribution < -0.4 is 11.1 Å². The van der Waals surface area contributed by atoms with Gasteiger partial charge in [0, 0.05) is 30.7 Å². The number of rotatable bonds is 6. The maximum Gasteiger partial charge on any atom is 0.404 e. The molecule has 0 aromatic rings. The quantitative estimate of drug-likeness (QED) is 0.145. The molecule has 232 valence electrons. The van der Waals surface area contributed by atoms with Crippen LogP contribution in [0.2, 0.25) is 0 Å². The van der Waals surface area contributed by atoms with Crippen molar-refractivity contribution in [3.8, 4) is 0 Å². The summed E-state index contributed by atoms with van der Waals surface area (Å²) < 4.78 is 10.9. The van der Waals surface area contributed by atoms with E-state index < -0.39 is 36.5 Å². The topological polar surface area (TPSA) is 148 Å². The number of hydrogen-bond acceptors (Lipinski definition) is 7. The van der Waals surface area contributed by atoms with Crippen LogP contribution >= 0.6 is 0 Å². The SMILES string of the molecule is CC(C)=CC(=O)N/C=C/C(C)=C/[C@@H](C)[C@@H]1C/C(C)=C/C=C/CC[C@@H](OC(N)=O)[C@H](O)/C=C/[C@H](O)CCC/C=C/C(=O)O1. The number of carbonyl (C=O) groups excluding carboxylic acids is 3. The molecule has 1 heterocycles. The van der Waals surface area contributed by atoms with Crippen LogP contribution in [-0.4, -0.2) is 52.6 Å². The molecule has 5 N–H and O–H groups in total. The summed E-state index contributed by atoms with van der Waals surface area (Å²) in [7, 11) is 0. The summed E-state index contributed by atoms with van der Waals surface area (Å²) in [6.07, 6.45) is 17.3. The molecule has 0 saturated heterocycles. The summed E-state index contributed by atoms with van der Waals surface area (Å²) in [5.74, 6) is -0.764. The van der Waals surface area contributed by atoms with Crippen LogP contribution in [0.15, 0.2) is 83.7 Å². The number of amides is 2. The van der Waals surface area contributed by atoms with E-state index in [9.17, 15) is 24.6 Å². The first-order valence-electron chi connectivity index (χ1n) is 14.4. The van der Waals surface area contributed by atoms with E-state index in [2.05, 4.69) is 5.32 Å². The van der Waals surface area contributed by atoms with Gasteiger partial charge in [0.05, 0.1) is 6.10 Å². The van der Waals surface area contributed by atoms with Crippen LogP contribution in [0, 0.1) is 5.92 Å².